The van der Waals surface area contributed by atoms with Gasteiger partial charge in [0.2, 0.25) is 10.0 Å². The van der Waals surface area contributed by atoms with E-state index in [0.717, 1.165) is 25.1 Å². The molecule has 118 valence electrons. The zero-order chi connectivity index (χ0) is 15.5. The maximum absolute atomic E-state index is 12.9. The predicted molar refractivity (Wildman–Crippen MR) is 72.3 cm³/mol. The fourth-order valence-corrected chi connectivity index (χ4v) is 3.89. The van der Waals surface area contributed by atoms with Crippen LogP contribution in [0.15, 0.2) is 29.2 Å². The Morgan fingerprint density at radius 3 is 2.57 bits per heavy atom. The molecule has 4 nitrogen and oxygen atoms in total. The predicted octanol–water partition coefficient (Wildman–Crippen LogP) is 2.13. The Balaban J connectivity index is 2.27. The minimum absolute atomic E-state index is 0.341. The molecule has 1 atom stereocenters. The molecule has 1 unspecified atom stereocenters. The summed E-state index contributed by atoms with van der Waals surface area (Å²) in [5.41, 5.74) is -1.13. The lowest BCUT2D eigenvalue weighted by atomic mass is 10.1. The molecule has 1 heterocycles. The van der Waals surface area contributed by atoms with Crippen LogP contribution in [0.1, 0.15) is 24.8 Å². The summed E-state index contributed by atoms with van der Waals surface area (Å²) in [4.78, 5) is -0.713. The lowest BCUT2D eigenvalue weighted by Gasteiger charge is -2.18. The van der Waals surface area contributed by atoms with E-state index in [1.54, 1.807) is 0 Å². The first-order valence-electron chi connectivity index (χ1n) is 6.70. The summed E-state index contributed by atoms with van der Waals surface area (Å²) in [7, 11) is -4.19. The summed E-state index contributed by atoms with van der Waals surface area (Å²) in [5, 5.41) is 3.12. The van der Waals surface area contributed by atoms with Gasteiger partial charge in [0.1, 0.15) is 0 Å². The SMILES string of the molecule is O=S(=O)(NC1CCCNCC1)c1ccccc1C(F)(F)F. The van der Waals surface area contributed by atoms with Crippen molar-refractivity contribution < 1.29 is 21.6 Å². The van der Waals surface area contributed by atoms with Crippen molar-refractivity contribution in [2.75, 3.05) is 13.1 Å². The van der Waals surface area contributed by atoms with Crippen LogP contribution >= 0.6 is 0 Å². The second-order valence-corrected chi connectivity index (χ2v) is 6.68. The number of hydrogen-bond acceptors (Lipinski definition) is 3. The van der Waals surface area contributed by atoms with E-state index in [1.807, 2.05) is 0 Å². The molecule has 0 saturated carbocycles. The van der Waals surface area contributed by atoms with Gasteiger partial charge in [0, 0.05) is 6.04 Å². The molecular formula is C13H17F3N2O2S. The fraction of sp³-hybridized carbons (Fsp3) is 0.538. The van der Waals surface area contributed by atoms with E-state index in [2.05, 4.69) is 10.0 Å². The van der Waals surface area contributed by atoms with Crippen molar-refractivity contribution in [3.05, 3.63) is 29.8 Å². The highest BCUT2D eigenvalue weighted by atomic mass is 32.2. The van der Waals surface area contributed by atoms with E-state index < -0.39 is 26.7 Å². The summed E-state index contributed by atoms with van der Waals surface area (Å²) in [6, 6.07) is 3.89. The average molecular weight is 322 g/mol. The zero-order valence-corrected chi connectivity index (χ0v) is 12.1. The Bertz CT molecular complexity index is 579. The van der Waals surface area contributed by atoms with E-state index in [0.29, 0.717) is 19.4 Å². The molecule has 0 aromatic heterocycles. The van der Waals surface area contributed by atoms with Crippen molar-refractivity contribution in [2.45, 2.75) is 36.4 Å². The second kappa shape index (κ2) is 6.33. The smallest absolute Gasteiger partial charge is 0.317 e. The molecule has 1 aromatic carbocycles. The van der Waals surface area contributed by atoms with E-state index in [4.69, 9.17) is 0 Å². The largest absolute Gasteiger partial charge is 0.417 e. The number of sulfonamides is 1. The monoisotopic (exact) mass is 322 g/mol. The first kappa shape index (κ1) is 16.3. The van der Waals surface area contributed by atoms with Crippen LogP contribution in [0.25, 0.3) is 0 Å². The van der Waals surface area contributed by atoms with Gasteiger partial charge in [0.25, 0.3) is 0 Å². The number of rotatable bonds is 3. The molecule has 21 heavy (non-hydrogen) atoms. The Labute approximate surface area is 121 Å². The van der Waals surface area contributed by atoms with E-state index in [9.17, 15) is 21.6 Å². The average Bonchev–Trinajstić information content (AvgIpc) is 2.66. The van der Waals surface area contributed by atoms with Gasteiger partial charge in [-0.15, -0.1) is 0 Å². The van der Waals surface area contributed by atoms with Crippen LogP contribution in [0.4, 0.5) is 13.2 Å². The maximum atomic E-state index is 12.9. The first-order valence-corrected chi connectivity index (χ1v) is 8.18. The van der Waals surface area contributed by atoms with Crippen LogP contribution in [0, 0.1) is 0 Å². The highest BCUT2D eigenvalue weighted by Crippen LogP contribution is 2.34. The Morgan fingerprint density at radius 2 is 1.86 bits per heavy atom. The minimum atomic E-state index is -4.70. The summed E-state index contributed by atoms with van der Waals surface area (Å²) in [6.07, 6.45) is -2.74. The molecule has 1 saturated heterocycles. The van der Waals surface area contributed by atoms with E-state index in [-0.39, 0.29) is 6.04 Å². The Hall–Kier alpha value is -1.12. The first-order chi connectivity index (χ1) is 9.81. The molecule has 2 rings (SSSR count). The Kier molecular flexibility index (Phi) is 4.90. The molecule has 8 heteroatoms. The number of halogens is 3. The maximum Gasteiger partial charge on any atom is 0.417 e. The van der Waals surface area contributed by atoms with Gasteiger partial charge in [-0.05, 0) is 44.5 Å². The van der Waals surface area contributed by atoms with Crippen LogP contribution in [-0.2, 0) is 16.2 Å². The van der Waals surface area contributed by atoms with Gasteiger partial charge >= 0.3 is 6.18 Å². The molecule has 1 aromatic rings. The molecule has 0 radical (unpaired) electrons. The molecule has 1 aliphatic heterocycles. The molecule has 0 aliphatic carbocycles. The third kappa shape index (κ3) is 4.18. The van der Waals surface area contributed by atoms with Crippen molar-refractivity contribution in [3.8, 4) is 0 Å². The van der Waals surface area contributed by atoms with Crippen LogP contribution in [0.3, 0.4) is 0 Å². The summed E-state index contributed by atoms with van der Waals surface area (Å²) < 4.78 is 65.7. The van der Waals surface area contributed by atoms with Gasteiger partial charge in [-0.2, -0.15) is 13.2 Å². The highest BCUT2D eigenvalue weighted by molar-refractivity contribution is 7.89. The van der Waals surface area contributed by atoms with Gasteiger partial charge in [0.15, 0.2) is 0 Å². The van der Waals surface area contributed by atoms with Crippen molar-refractivity contribution in [1.29, 1.82) is 0 Å². The van der Waals surface area contributed by atoms with Crippen molar-refractivity contribution in [3.63, 3.8) is 0 Å². The second-order valence-electron chi connectivity index (χ2n) is 4.99. The normalized spacial score (nSPS) is 21.0. The number of nitrogens with one attached hydrogen (secondary N) is 2. The quantitative estimate of drug-likeness (QED) is 0.896. The van der Waals surface area contributed by atoms with Gasteiger partial charge in [-0.25, -0.2) is 13.1 Å². The van der Waals surface area contributed by atoms with Crippen LogP contribution in [-0.4, -0.2) is 27.5 Å². The minimum Gasteiger partial charge on any atom is -0.317 e. The third-order valence-electron chi connectivity index (χ3n) is 3.38. The number of benzene rings is 1. The van der Waals surface area contributed by atoms with Gasteiger partial charge < -0.3 is 5.32 Å². The molecular weight excluding hydrogens is 305 g/mol. The molecule has 0 amide bonds. The molecule has 1 fully saturated rings. The number of alkyl halides is 3. The lowest BCUT2D eigenvalue weighted by Crippen LogP contribution is -2.36. The summed E-state index contributed by atoms with van der Waals surface area (Å²) in [6.45, 7) is 1.44. The molecule has 0 bridgehead atoms. The molecule has 0 spiro atoms. The van der Waals surface area contributed by atoms with Crippen LogP contribution < -0.4 is 10.0 Å². The lowest BCUT2D eigenvalue weighted by molar-refractivity contribution is -0.139. The van der Waals surface area contributed by atoms with E-state index >= 15 is 0 Å². The highest BCUT2D eigenvalue weighted by Gasteiger charge is 2.37. The number of hydrogen-bond donors (Lipinski definition) is 2. The van der Waals surface area contributed by atoms with Crippen LogP contribution in [0.5, 0.6) is 0 Å². The summed E-state index contributed by atoms with van der Waals surface area (Å²) in [5.74, 6) is 0. The fourth-order valence-electron chi connectivity index (χ4n) is 2.36. The van der Waals surface area contributed by atoms with Crippen molar-refractivity contribution in [1.82, 2.24) is 10.0 Å². The molecule has 2 N–H and O–H groups in total. The standard InChI is InChI=1S/C13H17F3N2O2S/c14-13(15,16)11-5-1-2-6-12(11)21(19,20)18-10-4-3-8-17-9-7-10/h1-2,5-6,10,17-18H,3-4,7-9H2. The van der Waals surface area contributed by atoms with Gasteiger partial charge in [-0.3, -0.25) is 0 Å². The Morgan fingerprint density at radius 1 is 1.14 bits per heavy atom. The van der Waals surface area contributed by atoms with Crippen molar-refractivity contribution >= 4 is 10.0 Å². The molecule has 1 aliphatic rings. The third-order valence-corrected chi connectivity index (χ3v) is 4.96. The van der Waals surface area contributed by atoms with Gasteiger partial charge in [0.05, 0.1) is 10.5 Å². The topological polar surface area (TPSA) is 58.2 Å². The van der Waals surface area contributed by atoms with E-state index in [1.165, 1.54) is 12.1 Å². The van der Waals surface area contributed by atoms with Crippen LogP contribution in [0.2, 0.25) is 0 Å². The van der Waals surface area contributed by atoms with Crippen molar-refractivity contribution in [2.24, 2.45) is 0 Å². The summed E-state index contributed by atoms with van der Waals surface area (Å²) >= 11 is 0. The van der Waals surface area contributed by atoms with Gasteiger partial charge in [-0.1, -0.05) is 12.1 Å². The zero-order valence-electron chi connectivity index (χ0n) is 11.3.